The lowest BCUT2D eigenvalue weighted by atomic mass is 9.92. The van der Waals surface area contributed by atoms with Crippen LogP contribution in [0.25, 0.3) is 55.4 Å². The zero-order valence-corrected chi connectivity index (χ0v) is 21.8. The van der Waals surface area contributed by atoms with Crippen LogP contribution in [-0.4, -0.2) is 0 Å². The third-order valence-electron chi connectivity index (χ3n) is 7.47. The van der Waals surface area contributed by atoms with Gasteiger partial charge in [0, 0.05) is 22.9 Å². The highest BCUT2D eigenvalue weighted by Crippen LogP contribution is 2.42. The molecule has 0 saturated carbocycles. The Kier molecular flexibility index (Phi) is 5.45. The Hall–Kier alpha value is -4.24. The third-order valence-corrected chi connectivity index (χ3v) is 7.47. The van der Waals surface area contributed by atoms with E-state index in [0.717, 1.165) is 49.9 Å². The maximum Gasteiger partial charge on any atom is 0.216 e. The molecule has 0 atom stereocenters. The standard InChI is InChI=1S/C34H29FNO/c1-20-9-12-25(22(3)18-20)24-11-14-26(23(4)19-24)32-29(35)16-15-28-27-13-10-21(2)31(33(27)37-34(28)32)30-8-6-7-17-36(30)5/h6-19H,1-5H3/q+1. The van der Waals surface area contributed by atoms with Gasteiger partial charge in [-0.2, -0.15) is 0 Å². The van der Waals surface area contributed by atoms with Crippen LogP contribution in [0.4, 0.5) is 4.39 Å². The van der Waals surface area contributed by atoms with Crippen molar-refractivity contribution >= 4 is 21.9 Å². The molecule has 2 aromatic heterocycles. The smallest absolute Gasteiger partial charge is 0.216 e. The number of rotatable bonds is 3. The topological polar surface area (TPSA) is 17.0 Å². The van der Waals surface area contributed by atoms with E-state index in [1.165, 1.54) is 16.7 Å². The van der Waals surface area contributed by atoms with E-state index >= 15 is 4.39 Å². The average molecular weight is 487 g/mol. The van der Waals surface area contributed by atoms with E-state index in [9.17, 15) is 0 Å². The van der Waals surface area contributed by atoms with E-state index < -0.39 is 0 Å². The number of nitrogens with zero attached hydrogens (tertiary/aromatic N) is 1. The van der Waals surface area contributed by atoms with Gasteiger partial charge in [-0.05, 0) is 79.3 Å². The first-order valence-corrected chi connectivity index (χ1v) is 12.6. The summed E-state index contributed by atoms with van der Waals surface area (Å²) in [7, 11) is 2.03. The molecule has 0 aliphatic carbocycles. The van der Waals surface area contributed by atoms with Crippen molar-refractivity contribution in [2.75, 3.05) is 0 Å². The minimum Gasteiger partial charge on any atom is -0.454 e. The van der Waals surface area contributed by atoms with Crippen LogP contribution in [0.2, 0.25) is 0 Å². The van der Waals surface area contributed by atoms with Gasteiger partial charge in [0.1, 0.15) is 24.0 Å². The number of hydrogen-bond donors (Lipinski definition) is 0. The van der Waals surface area contributed by atoms with Crippen molar-refractivity contribution in [3.63, 3.8) is 0 Å². The summed E-state index contributed by atoms with van der Waals surface area (Å²) in [6.45, 7) is 8.37. The second-order valence-electron chi connectivity index (χ2n) is 10.1. The number of aryl methyl sites for hydroxylation is 5. The van der Waals surface area contributed by atoms with E-state index in [4.69, 9.17) is 4.42 Å². The number of furan rings is 1. The van der Waals surface area contributed by atoms with Gasteiger partial charge in [0.25, 0.3) is 0 Å². The summed E-state index contributed by atoms with van der Waals surface area (Å²) in [4.78, 5) is 0. The summed E-state index contributed by atoms with van der Waals surface area (Å²) in [5.41, 5.74) is 11.7. The molecule has 0 aliphatic rings. The molecule has 6 rings (SSSR count). The molecule has 37 heavy (non-hydrogen) atoms. The largest absolute Gasteiger partial charge is 0.454 e. The Morgan fingerprint density at radius 3 is 2.08 bits per heavy atom. The van der Waals surface area contributed by atoms with Gasteiger partial charge in [-0.1, -0.05) is 54.1 Å². The molecule has 0 N–H and O–H groups in total. The lowest BCUT2D eigenvalue weighted by Crippen LogP contribution is -2.30. The molecule has 4 aromatic carbocycles. The summed E-state index contributed by atoms with van der Waals surface area (Å²) < 4.78 is 24.2. The van der Waals surface area contributed by atoms with Crippen molar-refractivity contribution in [1.29, 1.82) is 0 Å². The Balaban J connectivity index is 1.59. The zero-order valence-electron chi connectivity index (χ0n) is 21.8. The first-order valence-electron chi connectivity index (χ1n) is 12.6. The fourth-order valence-corrected chi connectivity index (χ4v) is 5.58. The zero-order chi connectivity index (χ0) is 25.8. The molecule has 0 spiro atoms. The van der Waals surface area contributed by atoms with Crippen LogP contribution >= 0.6 is 0 Å². The first-order chi connectivity index (χ1) is 17.8. The van der Waals surface area contributed by atoms with Gasteiger partial charge in [-0.15, -0.1) is 0 Å². The summed E-state index contributed by atoms with van der Waals surface area (Å²) in [5.74, 6) is -0.280. The minimum atomic E-state index is -0.280. The number of hydrogen-bond acceptors (Lipinski definition) is 1. The average Bonchev–Trinajstić information content (AvgIpc) is 3.23. The van der Waals surface area contributed by atoms with Crippen molar-refractivity contribution in [2.45, 2.75) is 27.7 Å². The summed E-state index contributed by atoms with van der Waals surface area (Å²) in [6.07, 6.45) is 2.03. The van der Waals surface area contributed by atoms with Gasteiger partial charge in [0.05, 0.1) is 11.1 Å². The van der Waals surface area contributed by atoms with E-state index in [2.05, 4.69) is 73.9 Å². The summed E-state index contributed by atoms with van der Waals surface area (Å²) in [6, 6.07) is 26.5. The normalized spacial score (nSPS) is 11.5. The Labute approximate surface area is 216 Å². The Morgan fingerprint density at radius 1 is 0.649 bits per heavy atom. The van der Waals surface area contributed by atoms with Crippen LogP contribution in [0.15, 0.2) is 89.5 Å². The SMILES string of the molecule is Cc1ccc(-c2ccc(-c3c(F)ccc4c3oc3c(-c5cccc[n+]5C)c(C)ccc34)c(C)c2)c(C)c1. The Morgan fingerprint density at radius 2 is 1.35 bits per heavy atom. The van der Waals surface area contributed by atoms with Crippen LogP contribution in [0, 0.1) is 33.5 Å². The molecule has 0 saturated heterocycles. The van der Waals surface area contributed by atoms with Crippen LogP contribution in [0.3, 0.4) is 0 Å². The molecule has 0 bridgehead atoms. The number of benzene rings is 4. The molecule has 2 nitrogen and oxygen atoms in total. The van der Waals surface area contributed by atoms with Crippen molar-refractivity contribution in [1.82, 2.24) is 0 Å². The number of pyridine rings is 1. The predicted octanol–water partition coefficient (Wildman–Crippen LogP) is 8.78. The quantitative estimate of drug-likeness (QED) is 0.228. The predicted molar refractivity (Wildman–Crippen MR) is 150 cm³/mol. The van der Waals surface area contributed by atoms with Gasteiger partial charge in [0.15, 0.2) is 6.20 Å². The van der Waals surface area contributed by atoms with Crippen LogP contribution in [0.5, 0.6) is 0 Å². The monoisotopic (exact) mass is 486 g/mol. The molecule has 0 radical (unpaired) electrons. The van der Waals surface area contributed by atoms with Crippen molar-refractivity contribution < 1.29 is 13.4 Å². The number of halogens is 1. The second-order valence-corrected chi connectivity index (χ2v) is 10.1. The van der Waals surface area contributed by atoms with Crippen molar-refractivity contribution in [3.8, 4) is 33.5 Å². The second kappa shape index (κ2) is 8.70. The maximum atomic E-state index is 15.5. The van der Waals surface area contributed by atoms with E-state index in [0.29, 0.717) is 11.1 Å². The van der Waals surface area contributed by atoms with Gasteiger partial charge >= 0.3 is 0 Å². The maximum absolute atomic E-state index is 15.5. The lowest BCUT2D eigenvalue weighted by molar-refractivity contribution is -0.660. The van der Waals surface area contributed by atoms with Crippen LogP contribution < -0.4 is 4.57 Å². The highest BCUT2D eigenvalue weighted by Gasteiger charge is 2.23. The van der Waals surface area contributed by atoms with Crippen LogP contribution in [-0.2, 0) is 7.05 Å². The molecule has 3 heteroatoms. The molecule has 6 aromatic rings. The van der Waals surface area contributed by atoms with E-state index in [1.807, 2.05) is 44.4 Å². The summed E-state index contributed by atoms with van der Waals surface area (Å²) >= 11 is 0. The van der Waals surface area contributed by atoms with Gasteiger partial charge in [-0.3, -0.25) is 0 Å². The highest BCUT2D eigenvalue weighted by molar-refractivity contribution is 6.13. The van der Waals surface area contributed by atoms with Gasteiger partial charge in [-0.25, -0.2) is 8.96 Å². The fourth-order valence-electron chi connectivity index (χ4n) is 5.58. The first kappa shape index (κ1) is 23.2. The molecule has 0 unspecified atom stereocenters. The van der Waals surface area contributed by atoms with Crippen molar-refractivity contribution in [2.24, 2.45) is 7.05 Å². The number of fused-ring (bicyclic) bond motifs is 3. The van der Waals surface area contributed by atoms with Gasteiger partial charge in [0.2, 0.25) is 5.69 Å². The molecular formula is C34H29FNO+. The Bertz CT molecular complexity index is 1840. The molecule has 2 heterocycles. The van der Waals surface area contributed by atoms with E-state index in [-0.39, 0.29) is 5.82 Å². The minimum absolute atomic E-state index is 0.280. The molecule has 0 amide bonds. The highest BCUT2D eigenvalue weighted by atomic mass is 19.1. The molecule has 182 valence electrons. The van der Waals surface area contributed by atoms with E-state index in [1.54, 1.807) is 6.07 Å². The molecular weight excluding hydrogens is 457 g/mol. The number of aromatic nitrogens is 1. The van der Waals surface area contributed by atoms with Gasteiger partial charge < -0.3 is 4.42 Å². The molecule has 0 aliphatic heterocycles. The van der Waals surface area contributed by atoms with Crippen molar-refractivity contribution in [3.05, 3.63) is 113 Å². The summed E-state index contributed by atoms with van der Waals surface area (Å²) in [5, 5.41) is 1.91. The lowest BCUT2D eigenvalue weighted by Gasteiger charge is -2.12. The third kappa shape index (κ3) is 3.74. The fraction of sp³-hybridized carbons (Fsp3) is 0.147. The molecule has 0 fully saturated rings. The van der Waals surface area contributed by atoms with Crippen LogP contribution in [0.1, 0.15) is 22.3 Å².